The number of methoxy groups -OCH3 is 2. The molecule has 2 amide bonds. The number of rotatable bonds is 11. The van der Waals surface area contributed by atoms with Crippen molar-refractivity contribution < 1.29 is 27.5 Å². The molecule has 0 spiro atoms. The summed E-state index contributed by atoms with van der Waals surface area (Å²) in [5.41, 5.74) is 1.46. The highest BCUT2D eigenvalue weighted by atomic mass is 32.2. The lowest BCUT2D eigenvalue weighted by Gasteiger charge is -2.33. The third kappa shape index (κ3) is 8.00. The summed E-state index contributed by atoms with van der Waals surface area (Å²) in [6, 6.07) is 19.3. The number of benzene rings is 3. The molecule has 0 aromatic heterocycles. The SMILES string of the molecule is COc1ccc(OC)c(N(CC(=O)N(Cc2ccc(C)cc2)C(C)C(=O)NC(C)(C)C)S(=O)(=O)c2ccccc2)c1. The predicted molar refractivity (Wildman–Crippen MR) is 160 cm³/mol. The average Bonchev–Trinajstić information content (AvgIpc) is 2.94. The highest BCUT2D eigenvalue weighted by Crippen LogP contribution is 2.36. The van der Waals surface area contributed by atoms with Gasteiger partial charge >= 0.3 is 0 Å². The first kappa shape index (κ1) is 31.5. The van der Waals surface area contributed by atoms with Crippen molar-refractivity contribution in [2.75, 3.05) is 25.1 Å². The third-order valence-electron chi connectivity index (χ3n) is 6.40. The van der Waals surface area contributed by atoms with Gasteiger partial charge in [-0.25, -0.2) is 8.42 Å². The van der Waals surface area contributed by atoms with Crippen LogP contribution in [0.2, 0.25) is 0 Å². The molecular formula is C31H39N3O6S. The number of amides is 2. The van der Waals surface area contributed by atoms with Crippen molar-refractivity contribution in [1.82, 2.24) is 10.2 Å². The molecule has 0 aliphatic rings. The van der Waals surface area contributed by atoms with Crippen molar-refractivity contribution >= 4 is 27.5 Å². The van der Waals surface area contributed by atoms with E-state index in [1.54, 1.807) is 37.3 Å². The van der Waals surface area contributed by atoms with E-state index in [0.29, 0.717) is 5.75 Å². The molecule has 220 valence electrons. The van der Waals surface area contributed by atoms with Gasteiger partial charge in [0.2, 0.25) is 11.8 Å². The summed E-state index contributed by atoms with van der Waals surface area (Å²) in [6.07, 6.45) is 0. The summed E-state index contributed by atoms with van der Waals surface area (Å²) in [5, 5.41) is 2.92. The van der Waals surface area contributed by atoms with Gasteiger partial charge in [0.15, 0.2) is 0 Å². The molecule has 1 unspecified atom stereocenters. The largest absolute Gasteiger partial charge is 0.497 e. The highest BCUT2D eigenvalue weighted by Gasteiger charge is 2.34. The second kappa shape index (κ2) is 13.1. The summed E-state index contributed by atoms with van der Waals surface area (Å²) < 4.78 is 39.9. The van der Waals surface area contributed by atoms with Gasteiger partial charge in [-0.3, -0.25) is 13.9 Å². The molecule has 41 heavy (non-hydrogen) atoms. The molecule has 0 saturated heterocycles. The Bertz CT molecular complexity index is 1450. The topological polar surface area (TPSA) is 105 Å². The molecular weight excluding hydrogens is 542 g/mol. The standard InChI is InChI=1S/C31H39N3O6S/c1-22-13-15-24(16-14-22)20-33(23(2)30(36)32-31(3,4)5)29(35)21-34(41(37,38)26-11-9-8-10-12-26)27-19-25(39-6)17-18-28(27)40-7/h8-19,23H,20-21H2,1-7H3,(H,32,36). The number of hydrogen-bond acceptors (Lipinski definition) is 6. The van der Waals surface area contributed by atoms with Crippen LogP contribution in [-0.4, -0.2) is 57.5 Å². The molecule has 3 rings (SSSR count). The van der Waals surface area contributed by atoms with Crippen molar-refractivity contribution in [3.05, 3.63) is 83.9 Å². The molecule has 3 aromatic carbocycles. The average molecular weight is 582 g/mol. The fraction of sp³-hybridized carbons (Fsp3) is 0.355. The van der Waals surface area contributed by atoms with Crippen LogP contribution in [0, 0.1) is 6.92 Å². The van der Waals surface area contributed by atoms with Gasteiger partial charge in [0, 0.05) is 18.2 Å². The van der Waals surface area contributed by atoms with Crippen molar-refractivity contribution in [3.8, 4) is 11.5 Å². The lowest BCUT2D eigenvalue weighted by atomic mass is 10.1. The van der Waals surface area contributed by atoms with E-state index in [1.807, 2.05) is 52.0 Å². The Kier molecular flexibility index (Phi) is 10.0. The van der Waals surface area contributed by atoms with Crippen LogP contribution in [0.5, 0.6) is 11.5 Å². The molecule has 0 aliphatic heterocycles. The van der Waals surface area contributed by atoms with Crippen LogP contribution in [0.25, 0.3) is 0 Å². The molecule has 10 heteroatoms. The monoisotopic (exact) mass is 581 g/mol. The maximum atomic E-state index is 14.1. The first-order valence-corrected chi connectivity index (χ1v) is 14.7. The number of nitrogens with zero attached hydrogens (tertiary/aromatic N) is 2. The van der Waals surface area contributed by atoms with E-state index in [0.717, 1.165) is 15.4 Å². The molecule has 1 N–H and O–H groups in total. The van der Waals surface area contributed by atoms with E-state index in [2.05, 4.69) is 5.32 Å². The Hall–Kier alpha value is -4.05. The normalized spacial score (nSPS) is 12.3. The zero-order valence-corrected chi connectivity index (χ0v) is 25.5. The zero-order chi connectivity index (χ0) is 30.4. The Labute approximate surface area is 243 Å². The zero-order valence-electron chi connectivity index (χ0n) is 24.7. The predicted octanol–water partition coefficient (Wildman–Crippen LogP) is 4.54. The molecule has 0 fully saturated rings. The van der Waals surface area contributed by atoms with Gasteiger partial charge in [-0.15, -0.1) is 0 Å². The summed E-state index contributed by atoms with van der Waals surface area (Å²) in [5.74, 6) is -0.293. The first-order chi connectivity index (χ1) is 19.3. The van der Waals surface area contributed by atoms with Crippen LogP contribution < -0.4 is 19.1 Å². The number of ether oxygens (including phenoxy) is 2. The van der Waals surface area contributed by atoms with Crippen LogP contribution in [0.1, 0.15) is 38.8 Å². The minimum atomic E-state index is -4.24. The van der Waals surface area contributed by atoms with E-state index < -0.39 is 34.1 Å². The summed E-state index contributed by atoms with van der Waals surface area (Å²) >= 11 is 0. The highest BCUT2D eigenvalue weighted by molar-refractivity contribution is 7.92. The Morgan fingerprint density at radius 2 is 1.56 bits per heavy atom. The summed E-state index contributed by atoms with van der Waals surface area (Å²) in [6.45, 7) is 8.67. The number of sulfonamides is 1. The van der Waals surface area contributed by atoms with E-state index in [1.165, 1.54) is 37.3 Å². The number of carbonyl (C=O) groups is 2. The third-order valence-corrected chi connectivity index (χ3v) is 8.18. The van der Waals surface area contributed by atoms with Crippen molar-refractivity contribution in [3.63, 3.8) is 0 Å². The molecule has 0 aliphatic carbocycles. The van der Waals surface area contributed by atoms with Gasteiger partial charge in [-0.05, 0) is 64.4 Å². The van der Waals surface area contributed by atoms with Crippen LogP contribution in [-0.2, 0) is 26.2 Å². The van der Waals surface area contributed by atoms with Gasteiger partial charge in [0.1, 0.15) is 24.1 Å². The van der Waals surface area contributed by atoms with Gasteiger partial charge in [-0.2, -0.15) is 0 Å². The summed E-state index contributed by atoms with van der Waals surface area (Å²) in [4.78, 5) is 28.7. The van der Waals surface area contributed by atoms with Crippen LogP contribution in [0.4, 0.5) is 5.69 Å². The first-order valence-electron chi connectivity index (χ1n) is 13.2. The molecule has 1 atom stereocenters. The second-order valence-corrected chi connectivity index (χ2v) is 12.6. The maximum Gasteiger partial charge on any atom is 0.264 e. The molecule has 0 saturated carbocycles. The Morgan fingerprint density at radius 1 is 0.927 bits per heavy atom. The van der Waals surface area contributed by atoms with Gasteiger partial charge < -0.3 is 19.7 Å². The molecule has 3 aromatic rings. The Morgan fingerprint density at radius 3 is 2.12 bits per heavy atom. The number of aryl methyl sites for hydroxylation is 1. The van der Waals surface area contributed by atoms with Crippen molar-refractivity contribution in [1.29, 1.82) is 0 Å². The number of hydrogen-bond donors (Lipinski definition) is 1. The summed E-state index contributed by atoms with van der Waals surface area (Å²) in [7, 11) is -1.36. The molecule has 0 heterocycles. The van der Waals surface area contributed by atoms with Gasteiger partial charge in [-0.1, -0.05) is 48.0 Å². The quantitative estimate of drug-likeness (QED) is 0.357. The van der Waals surface area contributed by atoms with E-state index in [4.69, 9.17) is 9.47 Å². The fourth-order valence-electron chi connectivity index (χ4n) is 4.17. The van der Waals surface area contributed by atoms with Crippen LogP contribution in [0.3, 0.4) is 0 Å². The van der Waals surface area contributed by atoms with Gasteiger partial charge in [0.25, 0.3) is 10.0 Å². The van der Waals surface area contributed by atoms with E-state index in [-0.39, 0.29) is 28.8 Å². The Balaban J connectivity index is 2.11. The fourth-order valence-corrected chi connectivity index (χ4v) is 5.61. The molecule has 0 radical (unpaired) electrons. The van der Waals surface area contributed by atoms with Crippen LogP contribution in [0.15, 0.2) is 77.7 Å². The minimum Gasteiger partial charge on any atom is -0.497 e. The number of anilines is 1. The number of carbonyl (C=O) groups excluding carboxylic acids is 2. The smallest absolute Gasteiger partial charge is 0.264 e. The maximum absolute atomic E-state index is 14.1. The molecule has 9 nitrogen and oxygen atoms in total. The van der Waals surface area contributed by atoms with Gasteiger partial charge in [0.05, 0.1) is 24.8 Å². The second-order valence-electron chi connectivity index (χ2n) is 10.8. The van der Waals surface area contributed by atoms with Crippen LogP contribution >= 0.6 is 0 Å². The lowest BCUT2D eigenvalue weighted by molar-refractivity contribution is -0.140. The molecule has 0 bridgehead atoms. The van der Waals surface area contributed by atoms with Crippen molar-refractivity contribution in [2.24, 2.45) is 0 Å². The lowest BCUT2D eigenvalue weighted by Crippen LogP contribution is -2.54. The number of nitrogens with one attached hydrogen (secondary N) is 1. The van der Waals surface area contributed by atoms with Crippen molar-refractivity contribution in [2.45, 2.75) is 57.6 Å². The van der Waals surface area contributed by atoms with E-state index in [9.17, 15) is 18.0 Å². The van der Waals surface area contributed by atoms with E-state index >= 15 is 0 Å². The minimum absolute atomic E-state index is 0.00119.